The van der Waals surface area contributed by atoms with Crippen LogP contribution in [-0.2, 0) is 4.79 Å². The second-order valence-corrected chi connectivity index (χ2v) is 7.82. The zero-order chi connectivity index (χ0) is 18.4. The summed E-state index contributed by atoms with van der Waals surface area (Å²) in [5, 5.41) is 0. The summed E-state index contributed by atoms with van der Waals surface area (Å²) < 4.78 is 5.57. The minimum Gasteiger partial charge on any atom is -0.425 e. The first kappa shape index (κ1) is 26.2. The molecule has 1 saturated carbocycles. The van der Waals surface area contributed by atoms with Gasteiger partial charge in [-0.05, 0) is 62.4 Å². The lowest BCUT2D eigenvalue weighted by molar-refractivity contribution is -0.137. The summed E-state index contributed by atoms with van der Waals surface area (Å²) >= 11 is 0. The average molecular weight is 419 g/mol. The number of nitrogens with zero attached hydrogens (tertiary/aromatic N) is 1. The van der Waals surface area contributed by atoms with E-state index in [0.29, 0.717) is 17.6 Å². The van der Waals surface area contributed by atoms with Crippen LogP contribution < -0.4 is 10.5 Å². The van der Waals surface area contributed by atoms with Gasteiger partial charge in [0.2, 0.25) is 0 Å². The molecule has 4 nitrogen and oxygen atoms in total. The fourth-order valence-corrected chi connectivity index (χ4v) is 3.81. The zero-order valence-electron chi connectivity index (χ0n) is 17.0. The monoisotopic (exact) mass is 418 g/mol. The van der Waals surface area contributed by atoms with Gasteiger partial charge in [0, 0.05) is 6.54 Å². The predicted molar refractivity (Wildman–Crippen MR) is 117 cm³/mol. The van der Waals surface area contributed by atoms with Crippen LogP contribution >= 0.6 is 24.8 Å². The molecule has 156 valence electrons. The molecule has 1 fully saturated rings. The van der Waals surface area contributed by atoms with Gasteiger partial charge in [0.1, 0.15) is 11.8 Å². The topological polar surface area (TPSA) is 55.6 Å². The van der Waals surface area contributed by atoms with Crippen LogP contribution in [0.15, 0.2) is 24.3 Å². The predicted octanol–water partition coefficient (Wildman–Crippen LogP) is 4.64. The van der Waals surface area contributed by atoms with Crippen molar-refractivity contribution in [1.82, 2.24) is 4.90 Å². The van der Waals surface area contributed by atoms with Gasteiger partial charge in [0.15, 0.2) is 0 Å². The first-order chi connectivity index (χ1) is 11.9. The summed E-state index contributed by atoms with van der Waals surface area (Å²) in [4.78, 5) is 14.5. The van der Waals surface area contributed by atoms with E-state index in [1.54, 1.807) is 0 Å². The lowest BCUT2D eigenvalue weighted by Crippen LogP contribution is -2.39. The Hall–Kier alpha value is -0.810. The number of benzene rings is 1. The van der Waals surface area contributed by atoms with E-state index in [1.165, 1.54) is 31.2 Å². The van der Waals surface area contributed by atoms with Crippen LogP contribution in [0, 0.1) is 11.8 Å². The van der Waals surface area contributed by atoms with Crippen molar-refractivity contribution in [2.24, 2.45) is 17.6 Å². The van der Waals surface area contributed by atoms with Gasteiger partial charge in [-0.2, -0.15) is 0 Å². The van der Waals surface area contributed by atoms with E-state index >= 15 is 0 Å². The smallest absolute Gasteiger partial charge is 0.328 e. The van der Waals surface area contributed by atoms with Crippen LogP contribution in [-0.4, -0.2) is 37.6 Å². The summed E-state index contributed by atoms with van der Waals surface area (Å²) in [7, 11) is 4.28. The summed E-state index contributed by atoms with van der Waals surface area (Å²) in [5.41, 5.74) is 7.28. The van der Waals surface area contributed by atoms with Crippen LogP contribution in [0.2, 0.25) is 0 Å². The van der Waals surface area contributed by atoms with Crippen molar-refractivity contribution in [3.63, 3.8) is 0 Å². The SMILES string of the molecule is CC[C@H](C)[C@H](N)C(=O)Oc1cccc([C@@H]2CCCC[C@@H]2CN(C)C)c1.Cl.Cl. The van der Waals surface area contributed by atoms with Crippen molar-refractivity contribution in [3.8, 4) is 5.75 Å². The Morgan fingerprint density at radius 2 is 1.93 bits per heavy atom. The molecule has 1 aromatic rings. The molecule has 1 aliphatic rings. The zero-order valence-corrected chi connectivity index (χ0v) is 18.7. The molecule has 27 heavy (non-hydrogen) atoms. The Bertz CT molecular complexity index is 569. The average Bonchev–Trinajstić information content (AvgIpc) is 2.60. The fraction of sp³-hybridized carbons (Fsp3) is 0.667. The largest absolute Gasteiger partial charge is 0.425 e. The third kappa shape index (κ3) is 7.61. The highest BCUT2D eigenvalue weighted by molar-refractivity contribution is 5.85. The van der Waals surface area contributed by atoms with Crippen molar-refractivity contribution in [2.75, 3.05) is 20.6 Å². The molecule has 1 aromatic carbocycles. The minimum atomic E-state index is -0.565. The van der Waals surface area contributed by atoms with Crippen LogP contribution in [0.1, 0.15) is 57.4 Å². The quantitative estimate of drug-likeness (QED) is 0.517. The summed E-state index contributed by atoms with van der Waals surface area (Å²) in [5.74, 6) is 1.61. The van der Waals surface area contributed by atoms with Crippen molar-refractivity contribution in [3.05, 3.63) is 29.8 Å². The van der Waals surface area contributed by atoms with E-state index < -0.39 is 6.04 Å². The number of hydrogen-bond acceptors (Lipinski definition) is 4. The summed E-state index contributed by atoms with van der Waals surface area (Å²) in [6.45, 7) is 5.12. The molecule has 6 heteroatoms. The first-order valence-corrected chi connectivity index (χ1v) is 9.64. The van der Waals surface area contributed by atoms with E-state index in [0.717, 1.165) is 13.0 Å². The molecule has 0 amide bonds. The Morgan fingerprint density at radius 1 is 1.26 bits per heavy atom. The Morgan fingerprint density at radius 3 is 2.56 bits per heavy atom. The van der Waals surface area contributed by atoms with Crippen molar-refractivity contribution < 1.29 is 9.53 Å². The van der Waals surface area contributed by atoms with Crippen molar-refractivity contribution in [2.45, 2.75) is 57.9 Å². The van der Waals surface area contributed by atoms with E-state index in [-0.39, 0.29) is 36.7 Å². The third-order valence-corrected chi connectivity index (χ3v) is 5.54. The molecule has 0 saturated heterocycles. The highest BCUT2D eigenvalue weighted by Gasteiger charge is 2.27. The van der Waals surface area contributed by atoms with Gasteiger partial charge < -0.3 is 15.4 Å². The molecule has 0 spiro atoms. The molecule has 2 N–H and O–H groups in total. The van der Waals surface area contributed by atoms with E-state index in [9.17, 15) is 4.79 Å². The molecule has 0 aliphatic heterocycles. The highest BCUT2D eigenvalue weighted by Crippen LogP contribution is 2.39. The number of carbonyl (C=O) groups is 1. The molecular formula is C21H36Cl2N2O2. The summed E-state index contributed by atoms with van der Waals surface area (Å²) in [6, 6.07) is 7.50. The normalized spacial score (nSPS) is 21.6. The van der Waals surface area contributed by atoms with Gasteiger partial charge in [-0.25, -0.2) is 4.79 Å². The molecule has 0 unspecified atom stereocenters. The molecular weight excluding hydrogens is 383 g/mol. The number of ether oxygens (including phenoxy) is 1. The highest BCUT2D eigenvalue weighted by atomic mass is 35.5. The third-order valence-electron chi connectivity index (χ3n) is 5.54. The maximum atomic E-state index is 12.3. The van der Waals surface area contributed by atoms with Gasteiger partial charge in [-0.1, -0.05) is 45.2 Å². The standard InChI is InChI=1S/C21H34N2O2.2ClH/c1-5-15(2)20(22)21(24)25-18-11-8-10-16(13-18)19-12-7-6-9-17(19)14-23(3)4;;/h8,10-11,13,15,17,19-20H,5-7,9,12,14,22H2,1-4H3;2*1H/t15-,17+,19-,20-;;/m0../s1. The second kappa shape index (κ2) is 12.6. The molecule has 0 bridgehead atoms. The Kier molecular flexibility index (Phi) is 12.2. The molecule has 1 aliphatic carbocycles. The van der Waals surface area contributed by atoms with Crippen molar-refractivity contribution in [1.29, 1.82) is 0 Å². The molecule has 0 heterocycles. The maximum absolute atomic E-state index is 12.3. The maximum Gasteiger partial charge on any atom is 0.328 e. The van der Waals surface area contributed by atoms with Gasteiger partial charge in [0.05, 0.1) is 0 Å². The fourth-order valence-electron chi connectivity index (χ4n) is 3.81. The number of carbonyl (C=O) groups excluding carboxylic acids is 1. The number of nitrogens with two attached hydrogens (primary N) is 1. The van der Waals surface area contributed by atoms with Gasteiger partial charge in [-0.15, -0.1) is 24.8 Å². The number of hydrogen-bond donors (Lipinski definition) is 1. The van der Waals surface area contributed by atoms with Crippen molar-refractivity contribution >= 4 is 30.8 Å². The second-order valence-electron chi connectivity index (χ2n) is 7.82. The number of esters is 1. The van der Waals surface area contributed by atoms with Gasteiger partial charge in [-0.3, -0.25) is 0 Å². The first-order valence-electron chi connectivity index (χ1n) is 9.64. The van der Waals surface area contributed by atoms with Gasteiger partial charge in [0.25, 0.3) is 0 Å². The molecule has 2 rings (SSSR count). The van der Waals surface area contributed by atoms with Crippen LogP contribution in [0.25, 0.3) is 0 Å². The number of halogens is 2. The summed E-state index contributed by atoms with van der Waals surface area (Å²) in [6.07, 6.45) is 5.93. The Labute approximate surface area is 177 Å². The lowest BCUT2D eigenvalue weighted by Gasteiger charge is -2.34. The number of rotatable bonds is 7. The molecule has 4 atom stereocenters. The lowest BCUT2D eigenvalue weighted by atomic mass is 9.75. The van der Waals surface area contributed by atoms with Gasteiger partial charge >= 0.3 is 5.97 Å². The van der Waals surface area contributed by atoms with E-state index in [2.05, 4.69) is 25.1 Å². The van der Waals surface area contributed by atoms with Crippen LogP contribution in [0.4, 0.5) is 0 Å². The van der Waals surface area contributed by atoms with E-state index in [4.69, 9.17) is 10.5 Å². The van der Waals surface area contributed by atoms with E-state index in [1.807, 2.05) is 32.0 Å². The van der Waals surface area contributed by atoms with Crippen LogP contribution in [0.3, 0.4) is 0 Å². The Balaban J connectivity index is 0.00000338. The molecule has 0 radical (unpaired) electrons. The van der Waals surface area contributed by atoms with Crippen LogP contribution in [0.5, 0.6) is 5.75 Å². The minimum absolute atomic E-state index is 0. The molecule has 0 aromatic heterocycles.